The maximum absolute atomic E-state index is 13.0. The summed E-state index contributed by atoms with van der Waals surface area (Å²) in [4.78, 5) is 25.4. The van der Waals surface area contributed by atoms with Gasteiger partial charge in [-0.25, -0.2) is 8.42 Å². The van der Waals surface area contributed by atoms with Gasteiger partial charge in [0.05, 0.1) is 22.8 Å². The van der Waals surface area contributed by atoms with Gasteiger partial charge in [-0.3, -0.25) is 9.59 Å². The first-order valence-electron chi connectivity index (χ1n) is 11.4. The molecule has 8 heteroatoms. The van der Waals surface area contributed by atoms with Crippen molar-refractivity contribution in [1.82, 2.24) is 4.31 Å². The molecule has 1 amide bonds. The number of nitrogens with zero attached hydrogens (tertiary/aromatic N) is 1. The number of anilines is 1. The van der Waals surface area contributed by atoms with E-state index >= 15 is 0 Å². The van der Waals surface area contributed by atoms with Crippen LogP contribution in [0.5, 0.6) is 0 Å². The zero-order valence-corrected chi connectivity index (χ0v) is 19.9. The normalized spacial score (nSPS) is 20.1. The average molecular weight is 471 g/mol. The highest BCUT2D eigenvalue weighted by Crippen LogP contribution is 2.49. The smallest absolute Gasteiger partial charge is 0.316 e. The van der Waals surface area contributed by atoms with Crippen LogP contribution in [0.4, 0.5) is 5.69 Å². The number of rotatable bonds is 7. The van der Waals surface area contributed by atoms with Crippen LogP contribution in [0.2, 0.25) is 0 Å². The third kappa shape index (κ3) is 4.82. The summed E-state index contributed by atoms with van der Waals surface area (Å²) in [6.07, 6.45) is 2.80. The highest BCUT2D eigenvalue weighted by atomic mass is 32.2. The van der Waals surface area contributed by atoms with Crippen molar-refractivity contribution in [2.75, 3.05) is 25.0 Å². The summed E-state index contributed by atoms with van der Waals surface area (Å²) in [7, 11) is -3.64. The molecule has 2 aliphatic rings. The number of carbonyl (C=O) groups is 2. The number of hydrogen-bond acceptors (Lipinski definition) is 5. The van der Waals surface area contributed by atoms with Gasteiger partial charge in [0.1, 0.15) is 0 Å². The number of hydrogen-bond donors (Lipinski definition) is 1. The Bertz CT molecular complexity index is 1120. The van der Waals surface area contributed by atoms with E-state index in [1.54, 1.807) is 43.3 Å². The van der Waals surface area contributed by atoms with Gasteiger partial charge in [0.2, 0.25) is 15.9 Å². The van der Waals surface area contributed by atoms with Crippen LogP contribution in [0, 0.1) is 12.8 Å². The molecule has 1 aliphatic heterocycles. The van der Waals surface area contributed by atoms with E-state index in [-0.39, 0.29) is 23.3 Å². The Labute approximate surface area is 195 Å². The van der Waals surface area contributed by atoms with E-state index in [0.717, 1.165) is 24.0 Å². The zero-order chi connectivity index (χ0) is 23.6. The molecule has 1 saturated carbocycles. The minimum Gasteiger partial charge on any atom is -0.465 e. The van der Waals surface area contributed by atoms with Gasteiger partial charge in [-0.15, -0.1) is 0 Å². The average Bonchev–Trinajstić information content (AvgIpc) is 3.62. The summed E-state index contributed by atoms with van der Waals surface area (Å²) < 4.78 is 32.7. The molecule has 33 heavy (non-hydrogen) atoms. The fraction of sp³-hybridized carbons (Fsp3) is 0.440. The first kappa shape index (κ1) is 23.4. The molecule has 2 fully saturated rings. The molecular formula is C25H30N2O5S. The first-order chi connectivity index (χ1) is 15.8. The van der Waals surface area contributed by atoms with E-state index in [1.165, 1.54) is 4.31 Å². The highest BCUT2D eigenvalue weighted by Gasteiger charge is 2.52. The van der Waals surface area contributed by atoms with Crippen LogP contribution in [0.3, 0.4) is 0 Å². The number of piperidine rings is 1. The highest BCUT2D eigenvalue weighted by molar-refractivity contribution is 7.89. The molecule has 1 aliphatic carbocycles. The van der Waals surface area contributed by atoms with Crippen LogP contribution in [0.1, 0.15) is 43.7 Å². The number of amides is 1. The van der Waals surface area contributed by atoms with E-state index in [9.17, 15) is 18.0 Å². The molecule has 1 heterocycles. The molecule has 4 rings (SSSR count). The van der Waals surface area contributed by atoms with Crippen LogP contribution in [0.25, 0.3) is 0 Å². The van der Waals surface area contributed by atoms with Crippen LogP contribution < -0.4 is 5.32 Å². The van der Waals surface area contributed by atoms with Gasteiger partial charge >= 0.3 is 5.97 Å². The minimum absolute atomic E-state index is 0.159. The van der Waals surface area contributed by atoms with Gasteiger partial charge in [-0.2, -0.15) is 4.31 Å². The molecule has 0 bridgehead atoms. The second kappa shape index (κ2) is 9.27. The third-order valence-electron chi connectivity index (χ3n) is 6.53. The second-order valence-electron chi connectivity index (χ2n) is 8.88. The number of carbonyl (C=O) groups excluding carboxylic acids is 2. The van der Waals surface area contributed by atoms with Crippen molar-refractivity contribution in [3.05, 3.63) is 59.7 Å². The number of benzene rings is 2. The summed E-state index contributed by atoms with van der Waals surface area (Å²) in [6, 6.07) is 14.1. The van der Waals surface area contributed by atoms with Crippen molar-refractivity contribution in [3.8, 4) is 0 Å². The molecule has 1 saturated heterocycles. The predicted molar refractivity (Wildman–Crippen MR) is 125 cm³/mol. The quantitative estimate of drug-likeness (QED) is 0.624. The van der Waals surface area contributed by atoms with Crippen molar-refractivity contribution in [1.29, 1.82) is 0 Å². The van der Waals surface area contributed by atoms with Crippen molar-refractivity contribution in [2.45, 2.75) is 49.8 Å². The maximum atomic E-state index is 13.0. The molecule has 2 aromatic rings. The van der Waals surface area contributed by atoms with Gasteiger partial charge < -0.3 is 10.1 Å². The lowest BCUT2D eigenvalue weighted by Crippen LogP contribution is -2.43. The maximum Gasteiger partial charge on any atom is 0.316 e. The molecule has 176 valence electrons. The van der Waals surface area contributed by atoms with E-state index < -0.39 is 21.4 Å². The number of sulfonamides is 1. The van der Waals surface area contributed by atoms with E-state index in [4.69, 9.17) is 4.74 Å². The molecule has 1 N–H and O–H groups in total. The van der Waals surface area contributed by atoms with Gasteiger partial charge in [-0.1, -0.05) is 29.8 Å². The first-order valence-corrected chi connectivity index (χ1v) is 12.9. The van der Waals surface area contributed by atoms with E-state index in [1.807, 2.05) is 19.1 Å². The Morgan fingerprint density at radius 1 is 1.09 bits per heavy atom. The summed E-state index contributed by atoms with van der Waals surface area (Å²) in [6.45, 7) is 4.63. The molecule has 2 aromatic carbocycles. The van der Waals surface area contributed by atoms with Crippen molar-refractivity contribution in [2.24, 2.45) is 5.92 Å². The fourth-order valence-corrected chi connectivity index (χ4v) is 5.88. The van der Waals surface area contributed by atoms with Gasteiger partial charge in [0, 0.05) is 18.8 Å². The Kier molecular flexibility index (Phi) is 6.59. The lowest BCUT2D eigenvalue weighted by molar-refractivity contribution is -0.146. The zero-order valence-electron chi connectivity index (χ0n) is 19.0. The van der Waals surface area contributed by atoms with Crippen molar-refractivity contribution in [3.63, 3.8) is 0 Å². The Hall–Kier alpha value is -2.71. The standard InChI is InChI=1S/C25H30N2O5S/c1-3-32-24(29)25(14-15-25)20-8-10-21(11-9-20)26-23(28)19-5-4-16-27(17-19)33(30,31)22-12-6-18(2)7-13-22/h6-13,19H,3-5,14-17H2,1-2H3,(H,26,28)/t19-/m0/s1. The van der Waals surface area contributed by atoms with Crippen LogP contribution in [-0.2, 0) is 29.8 Å². The summed E-state index contributed by atoms with van der Waals surface area (Å²) >= 11 is 0. The predicted octanol–water partition coefficient (Wildman–Crippen LogP) is 3.63. The molecule has 0 unspecified atom stereocenters. The van der Waals surface area contributed by atoms with Gasteiger partial charge in [0.25, 0.3) is 0 Å². The summed E-state index contributed by atoms with van der Waals surface area (Å²) in [5, 5.41) is 2.91. The second-order valence-corrected chi connectivity index (χ2v) is 10.8. The number of ether oxygens (including phenoxy) is 1. The largest absolute Gasteiger partial charge is 0.465 e. The molecule has 7 nitrogen and oxygen atoms in total. The van der Waals surface area contributed by atoms with Crippen molar-refractivity contribution < 1.29 is 22.7 Å². The number of esters is 1. The van der Waals surface area contributed by atoms with E-state index in [2.05, 4.69) is 5.32 Å². The van der Waals surface area contributed by atoms with Crippen LogP contribution in [0.15, 0.2) is 53.4 Å². The molecule has 0 spiro atoms. The van der Waals surface area contributed by atoms with Gasteiger partial charge in [-0.05, 0) is 69.4 Å². The Morgan fingerprint density at radius 3 is 2.36 bits per heavy atom. The minimum atomic E-state index is -3.64. The molecular weight excluding hydrogens is 440 g/mol. The molecule has 1 atom stereocenters. The van der Waals surface area contributed by atoms with Crippen LogP contribution >= 0.6 is 0 Å². The van der Waals surface area contributed by atoms with Crippen molar-refractivity contribution >= 4 is 27.6 Å². The monoisotopic (exact) mass is 470 g/mol. The van der Waals surface area contributed by atoms with E-state index in [0.29, 0.717) is 31.7 Å². The summed E-state index contributed by atoms with van der Waals surface area (Å²) in [5.74, 6) is -0.815. The fourth-order valence-electron chi connectivity index (χ4n) is 4.36. The topological polar surface area (TPSA) is 92.8 Å². The lowest BCUT2D eigenvalue weighted by Gasteiger charge is -2.31. The Balaban J connectivity index is 1.40. The number of nitrogens with one attached hydrogen (secondary N) is 1. The Morgan fingerprint density at radius 2 is 1.76 bits per heavy atom. The number of aryl methyl sites for hydroxylation is 1. The summed E-state index contributed by atoms with van der Waals surface area (Å²) in [5.41, 5.74) is 1.96. The van der Waals surface area contributed by atoms with Gasteiger partial charge in [0.15, 0.2) is 0 Å². The molecule has 0 aromatic heterocycles. The molecule has 0 radical (unpaired) electrons. The lowest BCUT2D eigenvalue weighted by atomic mass is 9.95. The third-order valence-corrected chi connectivity index (χ3v) is 8.41. The van der Waals surface area contributed by atoms with Crippen LogP contribution in [-0.4, -0.2) is 44.3 Å². The SMILES string of the molecule is CCOC(=O)C1(c2ccc(NC(=O)[C@H]3CCCN(S(=O)(=O)c4ccc(C)cc4)C3)cc2)CC1.